The van der Waals surface area contributed by atoms with E-state index in [1.807, 2.05) is 36.4 Å². The summed E-state index contributed by atoms with van der Waals surface area (Å²) in [6.07, 6.45) is 7.52. The first-order valence-corrected chi connectivity index (χ1v) is 9.87. The molecule has 150 valence electrons. The van der Waals surface area contributed by atoms with Crippen molar-refractivity contribution >= 4 is 11.6 Å². The average Bonchev–Trinajstić information content (AvgIpc) is 3.43. The van der Waals surface area contributed by atoms with Crippen LogP contribution in [0.2, 0.25) is 0 Å². The van der Waals surface area contributed by atoms with Gasteiger partial charge in [-0.25, -0.2) is 0 Å². The third-order valence-electron chi connectivity index (χ3n) is 5.18. The highest BCUT2D eigenvalue weighted by molar-refractivity contribution is 6.04. The Morgan fingerprint density at radius 1 is 1.00 bits per heavy atom. The first-order valence-electron chi connectivity index (χ1n) is 9.87. The van der Waals surface area contributed by atoms with Crippen molar-refractivity contribution < 1.29 is 13.8 Å². The van der Waals surface area contributed by atoms with Gasteiger partial charge in [-0.05, 0) is 43.0 Å². The Balaban J connectivity index is 1.35. The van der Waals surface area contributed by atoms with Gasteiger partial charge in [0.05, 0.1) is 6.42 Å². The third-order valence-corrected chi connectivity index (χ3v) is 5.18. The molecule has 4 aromatic rings. The zero-order valence-electron chi connectivity index (χ0n) is 16.2. The first kappa shape index (κ1) is 18.2. The van der Waals surface area contributed by atoms with Crippen LogP contribution in [0.3, 0.4) is 0 Å². The minimum atomic E-state index is -0.266. The second kappa shape index (κ2) is 7.90. The highest BCUT2D eigenvalue weighted by Crippen LogP contribution is 2.26. The number of hydrogen-bond acceptors (Lipinski definition) is 7. The number of aryl methyl sites for hydroxylation is 1. The number of fused-ring (bicyclic) bond motifs is 1. The van der Waals surface area contributed by atoms with Crippen molar-refractivity contribution in [2.75, 3.05) is 5.32 Å². The first-order chi connectivity index (χ1) is 14.8. The topological polar surface area (TPSA) is 107 Å². The molecule has 0 bridgehead atoms. The van der Waals surface area contributed by atoms with E-state index in [2.05, 4.69) is 25.6 Å². The summed E-state index contributed by atoms with van der Waals surface area (Å²) in [4.78, 5) is 21.3. The van der Waals surface area contributed by atoms with Gasteiger partial charge in [-0.2, -0.15) is 4.98 Å². The van der Waals surface area contributed by atoms with Crippen molar-refractivity contribution in [3.05, 3.63) is 77.3 Å². The van der Waals surface area contributed by atoms with Crippen molar-refractivity contribution in [1.29, 1.82) is 0 Å². The van der Waals surface area contributed by atoms with Crippen LogP contribution in [0.25, 0.3) is 11.4 Å². The quantitative estimate of drug-likeness (QED) is 0.541. The van der Waals surface area contributed by atoms with Crippen LogP contribution in [0.4, 0.5) is 5.69 Å². The number of hydrogen-bond donors (Lipinski definition) is 1. The molecule has 1 aromatic carbocycles. The number of aromatic nitrogens is 4. The van der Waals surface area contributed by atoms with E-state index in [0.717, 1.165) is 48.1 Å². The number of benzene rings is 1. The Labute approximate surface area is 172 Å². The number of nitrogens with one attached hydrogen (secondary N) is 1. The van der Waals surface area contributed by atoms with Gasteiger partial charge in [0, 0.05) is 35.6 Å². The number of carbonyl (C=O) groups excluding carboxylic acids is 1. The molecule has 3 heterocycles. The molecule has 5 rings (SSSR count). The van der Waals surface area contributed by atoms with Gasteiger partial charge in [-0.3, -0.25) is 9.78 Å². The molecule has 1 amide bonds. The van der Waals surface area contributed by atoms with E-state index in [-0.39, 0.29) is 5.91 Å². The van der Waals surface area contributed by atoms with Crippen LogP contribution in [0, 0.1) is 0 Å². The molecule has 30 heavy (non-hydrogen) atoms. The Kier molecular flexibility index (Phi) is 4.80. The number of anilines is 1. The fourth-order valence-corrected chi connectivity index (χ4v) is 3.65. The number of carbonyl (C=O) groups is 1. The van der Waals surface area contributed by atoms with Crippen LogP contribution < -0.4 is 5.32 Å². The zero-order valence-corrected chi connectivity index (χ0v) is 16.2. The number of pyridine rings is 1. The lowest BCUT2D eigenvalue weighted by molar-refractivity contribution is 0.101. The van der Waals surface area contributed by atoms with E-state index in [4.69, 9.17) is 9.05 Å². The molecular weight excluding hydrogens is 382 g/mol. The molecule has 0 fully saturated rings. The summed E-state index contributed by atoms with van der Waals surface area (Å²) in [5.74, 6) is 1.53. The smallest absolute Gasteiger partial charge is 0.278 e. The maximum atomic E-state index is 12.9. The normalized spacial score (nSPS) is 13.1. The summed E-state index contributed by atoms with van der Waals surface area (Å²) in [7, 11) is 0. The minimum Gasteiger partial charge on any atom is -0.360 e. The number of nitrogens with zero attached hydrogens (tertiary/aromatic N) is 4. The monoisotopic (exact) mass is 401 g/mol. The van der Waals surface area contributed by atoms with Crippen LogP contribution in [-0.4, -0.2) is 26.2 Å². The predicted octanol–water partition coefficient (Wildman–Crippen LogP) is 3.84. The van der Waals surface area contributed by atoms with Gasteiger partial charge in [0.15, 0.2) is 5.69 Å². The predicted molar refractivity (Wildman–Crippen MR) is 108 cm³/mol. The van der Waals surface area contributed by atoms with Crippen LogP contribution in [0.1, 0.15) is 46.1 Å². The van der Waals surface area contributed by atoms with E-state index < -0.39 is 0 Å². The summed E-state index contributed by atoms with van der Waals surface area (Å²) < 4.78 is 10.8. The Morgan fingerprint density at radius 2 is 1.83 bits per heavy atom. The highest BCUT2D eigenvalue weighted by atomic mass is 16.5. The number of amides is 1. The van der Waals surface area contributed by atoms with Gasteiger partial charge in [0.25, 0.3) is 5.91 Å². The van der Waals surface area contributed by atoms with Crippen LogP contribution in [-0.2, 0) is 19.3 Å². The van der Waals surface area contributed by atoms with Crippen molar-refractivity contribution in [2.45, 2.75) is 32.1 Å². The van der Waals surface area contributed by atoms with E-state index in [0.29, 0.717) is 29.5 Å². The van der Waals surface area contributed by atoms with Crippen molar-refractivity contribution in [1.82, 2.24) is 20.3 Å². The largest absolute Gasteiger partial charge is 0.360 e. The highest BCUT2D eigenvalue weighted by Gasteiger charge is 2.24. The standard InChI is InChI=1S/C22H19N5O3/c28-22(20-16-6-2-4-8-18(16)29-26-20)24-17-7-3-1-5-15(17)13-19-25-21(27-30-19)14-9-11-23-12-10-14/h1,3,5,7,9-12H,2,4,6,8,13H2,(H,24,28). The van der Waals surface area contributed by atoms with Gasteiger partial charge >= 0.3 is 0 Å². The molecule has 0 aliphatic heterocycles. The summed E-state index contributed by atoms with van der Waals surface area (Å²) in [6, 6.07) is 11.2. The summed E-state index contributed by atoms with van der Waals surface area (Å²) in [5.41, 5.74) is 3.68. The molecule has 1 aliphatic carbocycles. The fraction of sp³-hybridized carbons (Fsp3) is 0.227. The lowest BCUT2D eigenvalue weighted by Gasteiger charge is -2.11. The molecule has 1 N–H and O–H groups in total. The molecule has 0 spiro atoms. The second-order valence-electron chi connectivity index (χ2n) is 7.18. The zero-order chi connectivity index (χ0) is 20.3. The fourth-order valence-electron chi connectivity index (χ4n) is 3.65. The van der Waals surface area contributed by atoms with Gasteiger partial charge in [0.1, 0.15) is 5.76 Å². The molecule has 0 unspecified atom stereocenters. The minimum absolute atomic E-state index is 0.266. The van der Waals surface area contributed by atoms with E-state index in [9.17, 15) is 4.79 Å². The number of para-hydroxylation sites is 1. The third kappa shape index (κ3) is 3.59. The molecule has 8 heteroatoms. The van der Waals surface area contributed by atoms with Gasteiger partial charge in [-0.1, -0.05) is 28.5 Å². The number of rotatable bonds is 5. The SMILES string of the molecule is O=C(Nc1ccccc1Cc1nc(-c2ccncc2)no1)c1noc2c1CCCC2. The molecule has 0 radical (unpaired) electrons. The van der Waals surface area contributed by atoms with Crippen LogP contribution in [0.5, 0.6) is 0 Å². The van der Waals surface area contributed by atoms with Crippen molar-refractivity contribution in [3.63, 3.8) is 0 Å². The van der Waals surface area contributed by atoms with E-state index in [1.54, 1.807) is 12.4 Å². The van der Waals surface area contributed by atoms with Crippen molar-refractivity contribution in [3.8, 4) is 11.4 Å². The van der Waals surface area contributed by atoms with E-state index in [1.165, 1.54) is 0 Å². The Bertz CT molecular complexity index is 1180. The van der Waals surface area contributed by atoms with Gasteiger partial charge in [0.2, 0.25) is 11.7 Å². The lowest BCUT2D eigenvalue weighted by atomic mass is 9.96. The maximum Gasteiger partial charge on any atom is 0.278 e. The Morgan fingerprint density at radius 3 is 2.73 bits per heavy atom. The maximum absolute atomic E-state index is 12.9. The molecule has 0 saturated carbocycles. The molecule has 0 saturated heterocycles. The summed E-state index contributed by atoms with van der Waals surface area (Å²) in [5, 5.41) is 11.0. The summed E-state index contributed by atoms with van der Waals surface area (Å²) in [6.45, 7) is 0. The molecule has 0 atom stereocenters. The van der Waals surface area contributed by atoms with Crippen molar-refractivity contribution in [2.24, 2.45) is 0 Å². The van der Waals surface area contributed by atoms with Gasteiger partial charge in [-0.15, -0.1) is 0 Å². The van der Waals surface area contributed by atoms with Gasteiger partial charge < -0.3 is 14.4 Å². The molecule has 8 nitrogen and oxygen atoms in total. The summed E-state index contributed by atoms with van der Waals surface area (Å²) >= 11 is 0. The molecular formula is C22H19N5O3. The lowest BCUT2D eigenvalue weighted by Crippen LogP contribution is -2.16. The van der Waals surface area contributed by atoms with Crippen LogP contribution in [0.15, 0.2) is 57.8 Å². The van der Waals surface area contributed by atoms with Crippen LogP contribution >= 0.6 is 0 Å². The average molecular weight is 401 g/mol. The Hall–Kier alpha value is -3.81. The second-order valence-corrected chi connectivity index (χ2v) is 7.18. The van der Waals surface area contributed by atoms with E-state index >= 15 is 0 Å². The molecule has 1 aliphatic rings. The molecule has 3 aromatic heterocycles.